The fourth-order valence-corrected chi connectivity index (χ4v) is 6.36. The third kappa shape index (κ3) is 5.41. The summed E-state index contributed by atoms with van der Waals surface area (Å²) in [5, 5.41) is 15.6. The minimum absolute atomic E-state index is 0.000840. The molecule has 2 fully saturated rings. The van der Waals surface area contributed by atoms with Crippen LogP contribution in [0.4, 0.5) is 9.18 Å². The Morgan fingerprint density at radius 1 is 1.32 bits per heavy atom. The van der Waals surface area contributed by atoms with E-state index in [4.69, 9.17) is 21.3 Å². The number of carboxylic acid groups (broad SMARTS) is 1. The lowest BCUT2D eigenvalue weighted by Gasteiger charge is -2.42. The van der Waals surface area contributed by atoms with Crippen molar-refractivity contribution in [3.05, 3.63) is 62.5 Å². The first-order chi connectivity index (χ1) is 19.6. The lowest BCUT2D eigenvalue weighted by molar-refractivity contribution is -0.147. The number of aliphatic carboxylic acids is 1. The van der Waals surface area contributed by atoms with Gasteiger partial charge < -0.3 is 25.0 Å². The second kappa shape index (κ2) is 11.7. The summed E-state index contributed by atoms with van der Waals surface area (Å²) < 4.78 is 20.0. The number of carbonyl (C=O) groups excluding carboxylic acids is 2. The number of ether oxygens (including phenoxy) is 1. The van der Waals surface area contributed by atoms with Gasteiger partial charge in [-0.3, -0.25) is 14.7 Å². The van der Waals surface area contributed by atoms with Gasteiger partial charge in [-0.2, -0.15) is 0 Å². The summed E-state index contributed by atoms with van der Waals surface area (Å²) in [4.78, 5) is 53.2. The van der Waals surface area contributed by atoms with Crippen LogP contribution in [0.5, 0.6) is 0 Å². The molecule has 2 aromatic rings. The maximum Gasteiger partial charge on any atom is 0.338 e. The number of nitrogens with zero attached hydrogens (tertiary/aromatic N) is 5. The van der Waals surface area contributed by atoms with E-state index >= 15 is 0 Å². The Labute approximate surface area is 245 Å². The summed E-state index contributed by atoms with van der Waals surface area (Å²) in [5.74, 6) is -2.09. The number of aliphatic imine (C=N–C) groups is 1. The first kappa shape index (κ1) is 29.0. The molecule has 5 rings (SSSR count). The minimum Gasteiger partial charge on any atom is -0.480 e. The first-order valence-corrected chi connectivity index (χ1v) is 14.5. The number of carbonyl (C=O) groups is 3. The molecule has 41 heavy (non-hydrogen) atoms. The average molecular weight is 605 g/mol. The third-order valence-corrected chi connectivity index (χ3v) is 8.61. The van der Waals surface area contributed by atoms with Crippen LogP contribution in [0.3, 0.4) is 0 Å². The van der Waals surface area contributed by atoms with Crippen molar-refractivity contribution in [2.45, 2.75) is 44.9 Å². The maximum atomic E-state index is 14.6. The van der Waals surface area contributed by atoms with Gasteiger partial charge in [0.15, 0.2) is 10.8 Å². The Balaban J connectivity index is 1.59. The van der Waals surface area contributed by atoms with Crippen molar-refractivity contribution in [3.8, 4) is 0 Å². The summed E-state index contributed by atoms with van der Waals surface area (Å²) in [7, 11) is 0. The number of esters is 1. The number of piperazine rings is 1. The van der Waals surface area contributed by atoms with Crippen LogP contribution in [0.1, 0.15) is 37.4 Å². The molecule has 0 spiro atoms. The number of hydrogen-bond acceptors (Lipinski definition) is 9. The molecule has 4 heterocycles. The fourth-order valence-electron chi connectivity index (χ4n) is 5.54. The zero-order valence-corrected chi connectivity index (χ0v) is 24.3. The van der Waals surface area contributed by atoms with Gasteiger partial charge in [0.1, 0.15) is 17.9 Å². The molecular weight excluding hydrogens is 575 g/mol. The Bertz CT molecular complexity index is 1420. The number of fused-ring (bicyclic) bond motifs is 1. The van der Waals surface area contributed by atoms with Crippen LogP contribution in [0.25, 0.3) is 0 Å². The Kier molecular flexibility index (Phi) is 8.30. The van der Waals surface area contributed by atoms with Gasteiger partial charge in [0, 0.05) is 55.1 Å². The molecule has 0 bridgehead atoms. The number of thiazole rings is 1. The first-order valence-electron chi connectivity index (χ1n) is 13.2. The van der Waals surface area contributed by atoms with Crippen LogP contribution in [0.2, 0.25) is 5.02 Å². The van der Waals surface area contributed by atoms with Gasteiger partial charge in [-0.05, 0) is 26.8 Å². The molecule has 1 aromatic heterocycles. The summed E-state index contributed by atoms with van der Waals surface area (Å²) in [5.41, 5.74) is 0.701. The quantitative estimate of drug-likeness (QED) is 0.440. The zero-order valence-electron chi connectivity index (χ0n) is 22.7. The molecule has 1 aromatic carbocycles. The Hall–Kier alpha value is -3.55. The highest BCUT2D eigenvalue weighted by Gasteiger charge is 2.50. The van der Waals surface area contributed by atoms with Gasteiger partial charge in [0.2, 0.25) is 0 Å². The van der Waals surface area contributed by atoms with Crippen molar-refractivity contribution in [2.75, 3.05) is 32.8 Å². The molecular formula is C27H30ClFN6O5S. The van der Waals surface area contributed by atoms with E-state index in [0.717, 1.165) is 0 Å². The molecule has 0 aliphatic carbocycles. The van der Waals surface area contributed by atoms with Crippen molar-refractivity contribution >= 4 is 46.7 Å². The smallest absolute Gasteiger partial charge is 0.338 e. The van der Waals surface area contributed by atoms with E-state index in [1.165, 1.54) is 23.5 Å². The van der Waals surface area contributed by atoms with Gasteiger partial charge in [-0.15, -0.1) is 11.3 Å². The molecule has 0 radical (unpaired) electrons. The monoisotopic (exact) mass is 604 g/mol. The second-order valence-corrected chi connectivity index (χ2v) is 11.4. The summed E-state index contributed by atoms with van der Waals surface area (Å²) in [6.45, 7) is 6.38. The van der Waals surface area contributed by atoms with Gasteiger partial charge >= 0.3 is 18.0 Å². The SMILES string of the molecule is CCOC(=O)C1=C(CN2CCN3C(=O)N(C(C)C)CC3C2C(=O)O)NC(c2nccs2)=NC1c1cccc(F)c1Cl. The number of amidine groups is 1. The van der Waals surface area contributed by atoms with Crippen LogP contribution in [0.15, 0.2) is 46.0 Å². The summed E-state index contributed by atoms with van der Waals surface area (Å²) in [6.07, 6.45) is 1.61. The number of halogens is 2. The van der Waals surface area contributed by atoms with E-state index in [1.54, 1.807) is 39.3 Å². The predicted octanol–water partition coefficient (Wildman–Crippen LogP) is 3.13. The third-order valence-electron chi connectivity index (χ3n) is 7.43. The molecule has 2 saturated heterocycles. The van der Waals surface area contributed by atoms with E-state index in [1.807, 2.05) is 13.8 Å². The van der Waals surface area contributed by atoms with Crippen molar-refractivity contribution in [1.29, 1.82) is 0 Å². The molecule has 3 aliphatic heterocycles. The van der Waals surface area contributed by atoms with E-state index in [-0.39, 0.29) is 54.5 Å². The lowest BCUT2D eigenvalue weighted by atomic mass is 9.94. The Morgan fingerprint density at radius 3 is 2.76 bits per heavy atom. The van der Waals surface area contributed by atoms with E-state index in [0.29, 0.717) is 23.1 Å². The predicted molar refractivity (Wildman–Crippen MR) is 150 cm³/mol. The van der Waals surface area contributed by atoms with E-state index < -0.39 is 35.9 Å². The van der Waals surface area contributed by atoms with Crippen LogP contribution < -0.4 is 5.32 Å². The molecule has 11 nitrogen and oxygen atoms in total. The number of rotatable bonds is 8. The topological polar surface area (TPSA) is 128 Å². The maximum absolute atomic E-state index is 14.6. The van der Waals surface area contributed by atoms with Crippen LogP contribution >= 0.6 is 22.9 Å². The molecule has 2 amide bonds. The number of hydrogen-bond donors (Lipinski definition) is 2. The number of urea groups is 1. The largest absolute Gasteiger partial charge is 0.480 e. The summed E-state index contributed by atoms with van der Waals surface area (Å²) in [6, 6.07) is 1.37. The van der Waals surface area contributed by atoms with Crippen molar-refractivity contribution in [3.63, 3.8) is 0 Å². The number of nitrogens with one attached hydrogen (secondary N) is 1. The lowest BCUT2D eigenvalue weighted by Crippen LogP contribution is -2.62. The standard InChI is InChI=1S/C27H30ClFN6O5S/c1-4-40-26(38)19-17(12-33-9-10-34-18(22(33)25(36)37)13-35(14(2)3)27(34)39)31-23(24-30-8-11-41-24)32-21(19)15-6-5-7-16(29)20(15)28/h5-8,11,14,18,21-22H,4,9-10,12-13H2,1-3H3,(H,31,32)(H,36,37). The van der Waals surface area contributed by atoms with Gasteiger partial charge in [0.05, 0.1) is 23.2 Å². The fraction of sp³-hybridized carbons (Fsp3) is 0.444. The normalized spacial score (nSPS) is 23.0. The van der Waals surface area contributed by atoms with Crippen molar-refractivity contribution < 1.29 is 28.6 Å². The van der Waals surface area contributed by atoms with Gasteiger partial charge in [0.25, 0.3) is 0 Å². The summed E-state index contributed by atoms with van der Waals surface area (Å²) >= 11 is 7.70. The number of amides is 2. The number of carboxylic acids is 1. The molecule has 14 heteroatoms. The molecule has 3 unspecified atom stereocenters. The van der Waals surface area contributed by atoms with Gasteiger partial charge in [-0.1, -0.05) is 23.7 Å². The van der Waals surface area contributed by atoms with E-state index in [2.05, 4.69) is 10.3 Å². The highest BCUT2D eigenvalue weighted by Crippen LogP contribution is 2.38. The molecule has 3 atom stereocenters. The van der Waals surface area contributed by atoms with Crippen molar-refractivity contribution in [2.24, 2.45) is 4.99 Å². The molecule has 218 valence electrons. The minimum atomic E-state index is -1.08. The second-order valence-electron chi connectivity index (χ2n) is 10.1. The van der Waals surface area contributed by atoms with Crippen LogP contribution in [-0.2, 0) is 14.3 Å². The van der Waals surface area contributed by atoms with E-state index in [9.17, 15) is 23.9 Å². The van der Waals surface area contributed by atoms with Gasteiger partial charge in [-0.25, -0.2) is 19.0 Å². The number of benzene rings is 1. The number of aromatic nitrogens is 1. The van der Waals surface area contributed by atoms with Crippen LogP contribution in [-0.4, -0.2) is 99.5 Å². The molecule has 0 saturated carbocycles. The molecule has 3 aliphatic rings. The zero-order chi connectivity index (χ0) is 29.4. The Morgan fingerprint density at radius 2 is 2.10 bits per heavy atom. The highest BCUT2D eigenvalue weighted by molar-refractivity contribution is 7.11. The average Bonchev–Trinajstić information content (AvgIpc) is 3.58. The van der Waals surface area contributed by atoms with Crippen LogP contribution in [0, 0.1) is 5.82 Å². The highest BCUT2D eigenvalue weighted by atomic mass is 35.5. The van der Waals surface area contributed by atoms with Crippen molar-refractivity contribution in [1.82, 2.24) is 25.0 Å². The molecule has 2 N–H and O–H groups in total.